The molecule has 6 rings (SSSR count). The van der Waals surface area contributed by atoms with Crippen molar-refractivity contribution in [3.05, 3.63) is 83.4 Å². The molecule has 0 aliphatic heterocycles. The number of hydrogen-bond acceptors (Lipinski definition) is 5. The SMILES string of the molecule is CC(C)=CCCC(C)(O)C1CC[C@]2(C)C1CCC1[C@@]3(C)CCC(OP(=O)(OCc4ccccc4)OCc4ccccc4)C(C)(C)C3CC[C@]12C. The van der Waals surface area contributed by atoms with Crippen LogP contribution in [-0.4, -0.2) is 16.8 Å². The molecule has 0 amide bonds. The maximum atomic E-state index is 14.5. The summed E-state index contributed by atoms with van der Waals surface area (Å²) in [5.74, 6) is 1.98. The number of phosphoric acid groups is 1. The predicted molar refractivity (Wildman–Crippen MR) is 203 cm³/mol. The van der Waals surface area contributed by atoms with E-state index in [9.17, 15) is 9.67 Å². The molecule has 0 radical (unpaired) electrons. The van der Waals surface area contributed by atoms with Crippen LogP contribution in [-0.2, 0) is 31.4 Å². The third-order valence-corrected chi connectivity index (χ3v) is 16.5. The Labute approximate surface area is 303 Å². The standard InChI is InChI=1S/C44H65O5P/c1-32(2)16-15-26-44(8,45)36-23-28-42(6)35(36)21-22-38-41(5)27-25-39(40(3,4)37(41)24-29-43(38,42)7)49-50(46,47-30-33-17-11-9-12-18-33)48-31-34-19-13-10-14-20-34/h9-14,16-20,35-39,45H,15,21-31H2,1-8H3/t35?,36?,37?,38?,39?,41-,42+,43+,44?/m0/s1. The van der Waals surface area contributed by atoms with Gasteiger partial charge in [-0.2, -0.15) is 0 Å². The van der Waals surface area contributed by atoms with E-state index >= 15 is 0 Å². The molecular formula is C44H65O5P. The third-order valence-electron chi connectivity index (χ3n) is 15.1. The van der Waals surface area contributed by atoms with E-state index in [-0.39, 0.29) is 41.0 Å². The first kappa shape index (κ1) is 38.0. The van der Waals surface area contributed by atoms with Gasteiger partial charge in [-0.3, -0.25) is 13.6 Å². The van der Waals surface area contributed by atoms with Crippen LogP contribution in [0.15, 0.2) is 72.3 Å². The minimum atomic E-state index is -3.90. The molecule has 9 atom stereocenters. The van der Waals surface area contributed by atoms with Gasteiger partial charge in [-0.15, -0.1) is 0 Å². The van der Waals surface area contributed by atoms with Crippen molar-refractivity contribution in [2.24, 2.45) is 45.3 Å². The van der Waals surface area contributed by atoms with Crippen molar-refractivity contribution in [3.63, 3.8) is 0 Å². The first-order valence-electron chi connectivity index (χ1n) is 19.6. The van der Waals surface area contributed by atoms with Gasteiger partial charge < -0.3 is 5.11 Å². The molecule has 4 saturated carbocycles. The van der Waals surface area contributed by atoms with E-state index < -0.39 is 13.4 Å². The lowest BCUT2D eigenvalue weighted by molar-refractivity contribution is -0.223. The van der Waals surface area contributed by atoms with E-state index in [1.54, 1.807) is 0 Å². The highest BCUT2D eigenvalue weighted by atomic mass is 31.2. The molecule has 50 heavy (non-hydrogen) atoms. The lowest BCUT2D eigenvalue weighted by atomic mass is 9.35. The smallest absolute Gasteiger partial charge is 0.390 e. The number of aliphatic hydroxyl groups is 1. The van der Waals surface area contributed by atoms with Crippen molar-refractivity contribution in [3.8, 4) is 0 Å². The Balaban J connectivity index is 1.20. The second-order valence-corrected chi connectivity index (χ2v) is 20.0. The minimum absolute atomic E-state index is 0.161. The maximum absolute atomic E-state index is 14.5. The van der Waals surface area contributed by atoms with Crippen LogP contribution in [0.25, 0.3) is 0 Å². The molecule has 0 aromatic heterocycles. The van der Waals surface area contributed by atoms with Gasteiger partial charge in [-0.05, 0) is 141 Å². The van der Waals surface area contributed by atoms with Gasteiger partial charge in [-0.25, -0.2) is 4.57 Å². The zero-order valence-electron chi connectivity index (χ0n) is 32.3. The van der Waals surface area contributed by atoms with E-state index in [0.29, 0.717) is 23.7 Å². The summed E-state index contributed by atoms with van der Waals surface area (Å²) in [6.45, 7) is 19.3. The van der Waals surface area contributed by atoms with Crippen molar-refractivity contribution in [2.45, 2.75) is 145 Å². The second kappa shape index (κ2) is 14.2. The van der Waals surface area contributed by atoms with Crippen LogP contribution in [0.2, 0.25) is 0 Å². The van der Waals surface area contributed by atoms with Crippen molar-refractivity contribution >= 4 is 7.82 Å². The van der Waals surface area contributed by atoms with Gasteiger partial charge >= 0.3 is 7.82 Å². The zero-order valence-corrected chi connectivity index (χ0v) is 33.1. The van der Waals surface area contributed by atoms with E-state index in [0.717, 1.165) is 49.7 Å². The first-order valence-corrected chi connectivity index (χ1v) is 21.0. The summed E-state index contributed by atoms with van der Waals surface area (Å²) in [6.07, 6.45) is 12.8. The molecule has 2 aromatic carbocycles. The second-order valence-electron chi connectivity index (χ2n) is 18.4. The Bertz CT molecular complexity index is 1480. The maximum Gasteiger partial charge on any atom is 0.475 e. The Kier molecular flexibility index (Phi) is 10.8. The molecular weight excluding hydrogens is 639 g/mol. The highest BCUT2D eigenvalue weighted by Crippen LogP contribution is 2.76. The van der Waals surface area contributed by atoms with Crippen molar-refractivity contribution < 1.29 is 23.2 Å². The minimum Gasteiger partial charge on any atom is -0.390 e. The highest BCUT2D eigenvalue weighted by Gasteiger charge is 2.69. The molecule has 6 unspecified atom stereocenters. The van der Waals surface area contributed by atoms with E-state index in [2.05, 4.69) is 61.5 Å². The summed E-state index contributed by atoms with van der Waals surface area (Å²) in [5.41, 5.74) is 2.98. The quantitative estimate of drug-likeness (QED) is 0.176. The van der Waals surface area contributed by atoms with Crippen LogP contribution in [0, 0.1) is 45.3 Å². The van der Waals surface area contributed by atoms with Crippen molar-refractivity contribution in [1.82, 2.24) is 0 Å². The molecule has 4 aliphatic rings. The normalized spacial score (nSPS) is 36.1. The monoisotopic (exact) mass is 704 g/mol. The van der Waals surface area contributed by atoms with Gasteiger partial charge in [0, 0.05) is 0 Å². The largest absolute Gasteiger partial charge is 0.475 e. The lowest BCUT2D eigenvalue weighted by Gasteiger charge is -2.70. The lowest BCUT2D eigenvalue weighted by Crippen LogP contribution is -2.64. The molecule has 6 heteroatoms. The third kappa shape index (κ3) is 7.01. The number of benzene rings is 2. The zero-order chi connectivity index (χ0) is 36.0. The molecule has 4 fully saturated rings. The topological polar surface area (TPSA) is 65.0 Å². The van der Waals surface area contributed by atoms with Gasteiger partial charge in [0.05, 0.1) is 24.9 Å². The Morgan fingerprint density at radius 2 is 1.38 bits per heavy atom. The van der Waals surface area contributed by atoms with Gasteiger partial charge in [0.1, 0.15) is 0 Å². The van der Waals surface area contributed by atoms with Crippen LogP contribution in [0.3, 0.4) is 0 Å². The van der Waals surface area contributed by atoms with Gasteiger partial charge in [0.15, 0.2) is 0 Å². The van der Waals surface area contributed by atoms with Crippen LogP contribution in [0.5, 0.6) is 0 Å². The number of phosphoric ester groups is 1. The number of rotatable bonds is 12. The number of fused-ring (bicyclic) bond motifs is 5. The Morgan fingerprint density at radius 3 is 1.96 bits per heavy atom. The van der Waals surface area contributed by atoms with Crippen molar-refractivity contribution in [1.29, 1.82) is 0 Å². The van der Waals surface area contributed by atoms with Gasteiger partial charge in [0.2, 0.25) is 0 Å². The number of allylic oxidation sites excluding steroid dienone is 2. The van der Waals surface area contributed by atoms with Crippen LogP contribution < -0.4 is 0 Å². The molecule has 0 bridgehead atoms. The van der Waals surface area contributed by atoms with E-state index in [4.69, 9.17) is 13.6 Å². The summed E-state index contributed by atoms with van der Waals surface area (Å²) in [4.78, 5) is 0. The van der Waals surface area contributed by atoms with Crippen LogP contribution in [0.4, 0.5) is 0 Å². The van der Waals surface area contributed by atoms with E-state index in [1.807, 2.05) is 60.7 Å². The average molecular weight is 705 g/mol. The first-order chi connectivity index (χ1) is 23.5. The highest BCUT2D eigenvalue weighted by molar-refractivity contribution is 7.48. The van der Waals surface area contributed by atoms with Crippen LogP contribution >= 0.6 is 7.82 Å². The molecule has 2 aromatic rings. The summed E-state index contributed by atoms with van der Waals surface area (Å²) in [5, 5.41) is 11.9. The van der Waals surface area contributed by atoms with Crippen LogP contribution in [0.1, 0.15) is 131 Å². The molecule has 276 valence electrons. The molecule has 1 N–H and O–H groups in total. The Hall–Kier alpha value is -1.75. The average Bonchev–Trinajstić information content (AvgIpc) is 3.44. The fraction of sp³-hybridized carbons (Fsp3) is 0.682. The molecule has 5 nitrogen and oxygen atoms in total. The van der Waals surface area contributed by atoms with Crippen molar-refractivity contribution in [2.75, 3.05) is 0 Å². The fourth-order valence-corrected chi connectivity index (χ4v) is 13.7. The molecule has 4 aliphatic carbocycles. The summed E-state index contributed by atoms with van der Waals surface area (Å²) in [7, 11) is -3.90. The molecule has 0 heterocycles. The molecule has 0 saturated heterocycles. The predicted octanol–water partition coefficient (Wildman–Crippen LogP) is 12.1. The van der Waals surface area contributed by atoms with Gasteiger partial charge in [-0.1, -0.05) is 107 Å². The number of hydrogen-bond donors (Lipinski definition) is 1. The summed E-state index contributed by atoms with van der Waals surface area (Å²) >= 11 is 0. The van der Waals surface area contributed by atoms with Gasteiger partial charge in [0.25, 0.3) is 0 Å². The fourth-order valence-electron chi connectivity index (χ4n) is 12.2. The van der Waals surface area contributed by atoms with E-state index in [1.165, 1.54) is 31.3 Å². The molecule has 0 spiro atoms. The Morgan fingerprint density at radius 1 is 0.800 bits per heavy atom. The summed E-state index contributed by atoms with van der Waals surface area (Å²) < 4.78 is 33.4. The summed E-state index contributed by atoms with van der Waals surface area (Å²) in [6, 6.07) is 19.7.